The second-order valence-electron chi connectivity index (χ2n) is 5.88. The average molecular weight is 272 g/mol. The molecule has 2 aromatic rings. The Balaban J connectivity index is 1.54. The number of para-hydroxylation sites is 2. The van der Waals surface area contributed by atoms with Gasteiger partial charge in [-0.2, -0.15) is 0 Å². The van der Waals surface area contributed by atoms with Crippen LogP contribution in [0.4, 0.5) is 0 Å². The SMILES string of the molecule is CC(NCCC1CCCN1C)c1nc2ccccc2[nH]1. The minimum atomic E-state index is 0.272. The molecule has 2 atom stereocenters. The van der Waals surface area contributed by atoms with Gasteiger partial charge < -0.3 is 15.2 Å². The summed E-state index contributed by atoms with van der Waals surface area (Å²) in [5, 5.41) is 3.59. The van der Waals surface area contributed by atoms with Crippen LogP contribution in [-0.2, 0) is 0 Å². The molecule has 1 aromatic heterocycles. The van der Waals surface area contributed by atoms with Crippen LogP contribution in [0, 0.1) is 0 Å². The molecule has 0 aliphatic carbocycles. The van der Waals surface area contributed by atoms with Crippen molar-refractivity contribution < 1.29 is 0 Å². The molecule has 1 fully saturated rings. The predicted octanol–water partition coefficient (Wildman–Crippen LogP) is 2.70. The van der Waals surface area contributed by atoms with Crippen LogP contribution in [0.3, 0.4) is 0 Å². The molecule has 2 heterocycles. The van der Waals surface area contributed by atoms with Gasteiger partial charge >= 0.3 is 0 Å². The molecule has 1 saturated heterocycles. The normalized spacial score (nSPS) is 21.6. The van der Waals surface area contributed by atoms with Gasteiger partial charge in [-0.3, -0.25) is 0 Å². The quantitative estimate of drug-likeness (QED) is 0.879. The summed E-state index contributed by atoms with van der Waals surface area (Å²) in [5.74, 6) is 1.03. The van der Waals surface area contributed by atoms with E-state index in [1.54, 1.807) is 0 Å². The zero-order chi connectivity index (χ0) is 13.9. The third-order valence-corrected chi connectivity index (χ3v) is 4.42. The molecular formula is C16H24N4. The number of hydrogen-bond acceptors (Lipinski definition) is 3. The molecular weight excluding hydrogens is 248 g/mol. The molecule has 1 aliphatic rings. The van der Waals surface area contributed by atoms with E-state index in [0.717, 1.165) is 29.4 Å². The van der Waals surface area contributed by atoms with Crippen molar-refractivity contribution in [3.63, 3.8) is 0 Å². The predicted molar refractivity (Wildman–Crippen MR) is 82.8 cm³/mol. The van der Waals surface area contributed by atoms with Crippen LogP contribution in [0.5, 0.6) is 0 Å². The summed E-state index contributed by atoms with van der Waals surface area (Å²) in [4.78, 5) is 10.5. The first-order valence-corrected chi connectivity index (χ1v) is 7.62. The van der Waals surface area contributed by atoms with Crippen LogP contribution in [0.15, 0.2) is 24.3 Å². The van der Waals surface area contributed by atoms with Crippen LogP contribution >= 0.6 is 0 Å². The minimum absolute atomic E-state index is 0.272. The monoisotopic (exact) mass is 272 g/mol. The first-order valence-electron chi connectivity index (χ1n) is 7.62. The summed E-state index contributed by atoms with van der Waals surface area (Å²) >= 11 is 0. The second-order valence-corrected chi connectivity index (χ2v) is 5.88. The summed E-state index contributed by atoms with van der Waals surface area (Å²) in [5.41, 5.74) is 2.17. The molecule has 3 rings (SSSR count). The lowest BCUT2D eigenvalue weighted by molar-refractivity contribution is 0.290. The maximum atomic E-state index is 4.65. The van der Waals surface area contributed by atoms with Crippen LogP contribution in [0.2, 0.25) is 0 Å². The van der Waals surface area contributed by atoms with Gasteiger partial charge in [-0.1, -0.05) is 12.1 Å². The summed E-state index contributed by atoms with van der Waals surface area (Å²) in [6.45, 7) is 4.48. The van der Waals surface area contributed by atoms with Gasteiger partial charge in [0.2, 0.25) is 0 Å². The number of rotatable bonds is 5. The van der Waals surface area contributed by atoms with Crippen molar-refractivity contribution in [3.05, 3.63) is 30.1 Å². The standard InChI is InChI=1S/C16H24N4/c1-12(17-10-9-13-6-5-11-20(13)2)16-18-14-7-3-4-8-15(14)19-16/h3-4,7-8,12-13,17H,5-6,9-11H2,1-2H3,(H,18,19). The summed E-state index contributed by atoms with van der Waals surface area (Å²) in [6, 6.07) is 9.22. The highest BCUT2D eigenvalue weighted by Gasteiger charge is 2.20. The molecule has 1 aromatic carbocycles. The van der Waals surface area contributed by atoms with Gasteiger partial charge in [-0.05, 0) is 58.5 Å². The molecule has 4 nitrogen and oxygen atoms in total. The minimum Gasteiger partial charge on any atom is -0.341 e. The van der Waals surface area contributed by atoms with Crippen LogP contribution in [-0.4, -0.2) is 41.0 Å². The van der Waals surface area contributed by atoms with Gasteiger partial charge in [0.1, 0.15) is 5.82 Å². The maximum Gasteiger partial charge on any atom is 0.124 e. The molecule has 1 aliphatic heterocycles. The van der Waals surface area contributed by atoms with Crippen molar-refractivity contribution in [1.29, 1.82) is 0 Å². The number of fused-ring (bicyclic) bond motifs is 1. The van der Waals surface area contributed by atoms with E-state index in [0.29, 0.717) is 0 Å². The Morgan fingerprint density at radius 2 is 2.30 bits per heavy atom. The molecule has 0 bridgehead atoms. The second kappa shape index (κ2) is 5.94. The van der Waals surface area contributed by atoms with E-state index in [1.807, 2.05) is 12.1 Å². The van der Waals surface area contributed by atoms with Crippen LogP contribution in [0.1, 0.15) is 38.1 Å². The number of aromatic nitrogens is 2. The molecule has 108 valence electrons. The lowest BCUT2D eigenvalue weighted by atomic mass is 10.1. The van der Waals surface area contributed by atoms with Crippen molar-refractivity contribution in [2.75, 3.05) is 20.1 Å². The van der Waals surface area contributed by atoms with E-state index in [2.05, 4.69) is 46.3 Å². The number of benzene rings is 1. The molecule has 20 heavy (non-hydrogen) atoms. The Kier molecular flexibility index (Phi) is 4.03. The van der Waals surface area contributed by atoms with Crippen molar-refractivity contribution in [3.8, 4) is 0 Å². The van der Waals surface area contributed by atoms with E-state index in [-0.39, 0.29) is 6.04 Å². The number of hydrogen-bond donors (Lipinski definition) is 2. The molecule has 0 radical (unpaired) electrons. The number of H-pyrrole nitrogens is 1. The van der Waals surface area contributed by atoms with Gasteiger partial charge in [0, 0.05) is 6.04 Å². The first-order chi connectivity index (χ1) is 9.74. The summed E-state index contributed by atoms with van der Waals surface area (Å²) in [6.07, 6.45) is 3.92. The third-order valence-electron chi connectivity index (χ3n) is 4.42. The molecule has 0 saturated carbocycles. The number of imidazole rings is 1. The summed E-state index contributed by atoms with van der Waals surface area (Å²) < 4.78 is 0. The first kappa shape index (κ1) is 13.6. The molecule has 0 amide bonds. The number of likely N-dealkylation sites (tertiary alicyclic amines) is 1. The topological polar surface area (TPSA) is 44.0 Å². The fourth-order valence-corrected chi connectivity index (χ4v) is 3.08. The van der Waals surface area contributed by atoms with E-state index >= 15 is 0 Å². The Hall–Kier alpha value is -1.39. The van der Waals surface area contributed by atoms with E-state index in [9.17, 15) is 0 Å². The zero-order valence-corrected chi connectivity index (χ0v) is 12.4. The maximum absolute atomic E-state index is 4.65. The van der Waals surface area contributed by atoms with Gasteiger partial charge in [0.05, 0.1) is 17.1 Å². The number of nitrogens with zero attached hydrogens (tertiary/aromatic N) is 2. The largest absolute Gasteiger partial charge is 0.341 e. The van der Waals surface area contributed by atoms with Gasteiger partial charge in [-0.15, -0.1) is 0 Å². The van der Waals surface area contributed by atoms with E-state index in [1.165, 1.54) is 25.8 Å². The molecule has 0 spiro atoms. The van der Waals surface area contributed by atoms with Crippen molar-refractivity contribution in [1.82, 2.24) is 20.2 Å². The van der Waals surface area contributed by atoms with E-state index in [4.69, 9.17) is 0 Å². The molecule has 4 heteroatoms. The van der Waals surface area contributed by atoms with Crippen molar-refractivity contribution in [2.24, 2.45) is 0 Å². The lowest BCUT2D eigenvalue weighted by Gasteiger charge is -2.20. The van der Waals surface area contributed by atoms with Crippen molar-refractivity contribution in [2.45, 2.75) is 38.3 Å². The fourth-order valence-electron chi connectivity index (χ4n) is 3.08. The fraction of sp³-hybridized carbons (Fsp3) is 0.562. The average Bonchev–Trinajstić information content (AvgIpc) is 3.05. The smallest absolute Gasteiger partial charge is 0.124 e. The lowest BCUT2D eigenvalue weighted by Crippen LogP contribution is -2.30. The Morgan fingerprint density at radius 3 is 3.05 bits per heavy atom. The highest BCUT2D eigenvalue weighted by atomic mass is 15.1. The molecule has 2 N–H and O–H groups in total. The highest BCUT2D eigenvalue weighted by Crippen LogP contribution is 2.18. The molecule has 2 unspecified atom stereocenters. The van der Waals surface area contributed by atoms with Crippen molar-refractivity contribution >= 4 is 11.0 Å². The zero-order valence-electron chi connectivity index (χ0n) is 12.4. The Labute approximate surface area is 120 Å². The van der Waals surface area contributed by atoms with Gasteiger partial charge in [0.15, 0.2) is 0 Å². The Bertz CT molecular complexity index is 529. The van der Waals surface area contributed by atoms with Gasteiger partial charge in [0.25, 0.3) is 0 Å². The van der Waals surface area contributed by atoms with Crippen LogP contribution in [0.25, 0.3) is 11.0 Å². The number of aromatic amines is 1. The van der Waals surface area contributed by atoms with Crippen LogP contribution < -0.4 is 5.32 Å². The Morgan fingerprint density at radius 1 is 1.45 bits per heavy atom. The van der Waals surface area contributed by atoms with E-state index < -0.39 is 0 Å². The third kappa shape index (κ3) is 2.86. The highest BCUT2D eigenvalue weighted by molar-refractivity contribution is 5.74. The number of nitrogens with one attached hydrogen (secondary N) is 2. The summed E-state index contributed by atoms with van der Waals surface area (Å²) in [7, 11) is 2.24. The van der Waals surface area contributed by atoms with Gasteiger partial charge in [-0.25, -0.2) is 4.98 Å².